The lowest BCUT2D eigenvalue weighted by Crippen LogP contribution is -2.06. The number of carbonyl (C=O) groups is 1. The highest BCUT2D eigenvalue weighted by Crippen LogP contribution is 2.28. The van der Waals surface area contributed by atoms with Gasteiger partial charge in [0.15, 0.2) is 5.69 Å². The van der Waals surface area contributed by atoms with E-state index in [0.29, 0.717) is 22.4 Å². The fourth-order valence-electron chi connectivity index (χ4n) is 2.00. The first kappa shape index (κ1) is 12.3. The van der Waals surface area contributed by atoms with Crippen molar-refractivity contribution in [1.29, 1.82) is 0 Å². The van der Waals surface area contributed by atoms with Crippen LogP contribution >= 0.6 is 0 Å². The van der Waals surface area contributed by atoms with E-state index < -0.39 is 5.97 Å². The van der Waals surface area contributed by atoms with E-state index in [1.165, 1.54) is 10.7 Å². The fourth-order valence-corrected chi connectivity index (χ4v) is 2.00. The van der Waals surface area contributed by atoms with Crippen molar-refractivity contribution >= 4 is 5.97 Å². The highest BCUT2D eigenvalue weighted by atomic mass is 19.1. The molecule has 0 saturated heterocycles. The van der Waals surface area contributed by atoms with Crippen molar-refractivity contribution < 1.29 is 14.3 Å². The molecule has 1 aromatic carbocycles. The number of benzene rings is 1. The maximum atomic E-state index is 13.6. The SMILES string of the molecule is Cc1ccc(-c2c(C)nn(C)c2C(=O)O)cc1F. The van der Waals surface area contributed by atoms with E-state index in [-0.39, 0.29) is 11.5 Å². The van der Waals surface area contributed by atoms with Gasteiger partial charge in [0.05, 0.1) is 5.69 Å². The molecule has 2 aromatic rings. The first-order chi connectivity index (χ1) is 8.41. The number of carboxylic acid groups (broad SMARTS) is 1. The summed E-state index contributed by atoms with van der Waals surface area (Å²) in [6.45, 7) is 3.37. The van der Waals surface area contributed by atoms with E-state index >= 15 is 0 Å². The predicted molar refractivity (Wildman–Crippen MR) is 65.0 cm³/mol. The molecule has 18 heavy (non-hydrogen) atoms. The highest BCUT2D eigenvalue weighted by molar-refractivity contribution is 5.95. The van der Waals surface area contributed by atoms with Gasteiger partial charge in [-0.2, -0.15) is 5.10 Å². The van der Waals surface area contributed by atoms with Gasteiger partial charge in [0, 0.05) is 12.6 Å². The predicted octanol–water partition coefficient (Wildman–Crippen LogP) is 2.54. The van der Waals surface area contributed by atoms with Crippen LogP contribution in [0.4, 0.5) is 4.39 Å². The molecule has 0 aliphatic carbocycles. The zero-order valence-corrected chi connectivity index (χ0v) is 10.4. The van der Waals surface area contributed by atoms with Gasteiger partial charge in [-0.25, -0.2) is 9.18 Å². The van der Waals surface area contributed by atoms with Gasteiger partial charge in [0.2, 0.25) is 0 Å². The second-order valence-electron chi connectivity index (χ2n) is 4.20. The van der Waals surface area contributed by atoms with E-state index in [9.17, 15) is 14.3 Å². The summed E-state index contributed by atoms with van der Waals surface area (Å²) >= 11 is 0. The molecule has 0 unspecified atom stereocenters. The van der Waals surface area contributed by atoms with Crippen molar-refractivity contribution in [3.63, 3.8) is 0 Å². The lowest BCUT2D eigenvalue weighted by Gasteiger charge is -2.04. The Hall–Kier alpha value is -2.17. The average Bonchev–Trinajstić information content (AvgIpc) is 2.57. The molecule has 1 heterocycles. The molecule has 0 atom stereocenters. The number of rotatable bonds is 2. The average molecular weight is 248 g/mol. The molecular weight excluding hydrogens is 235 g/mol. The van der Waals surface area contributed by atoms with Gasteiger partial charge in [-0.3, -0.25) is 4.68 Å². The zero-order chi connectivity index (χ0) is 13.4. The minimum atomic E-state index is -1.07. The number of aromatic carboxylic acids is 1. The summed E-state index contributed by atoms with van der Waals surface area (Å²) in [5, 5.41) is 13.3. The molecule has 0 aliphatic rings. The molecule has 1 aromatic heterocycles. The standard InChI is InChI=1S/C13H13FN2O2/c1-7-4-5-9(6-10(7)14)11-8(2)15-16(3)12(11)13(17)18/h4-6H,1-3H3,(H,17,18). The van der Waals surface area contributed by atoms with Crippen LogP contribution in [0.1, 0.15) is 21.7 Å². The summed E-state index contributed by atoms with van der Waals surface area (Å²) < 4.78 is 14.9. The van der Waals surface area contributed by atoms with Crippen LogP contribution in [0.25, 0.3) is 11.1 Å². The summed E-state index contributed by atoms with van der Waals surface area (Å²) in [4.78, 5) is 11.2. The third kappa shape index (κ3) is 1.88. The summed E-state index contributed by atoms with van der Waals surface area (Å²) in [6, 6.07) is 4.67. The number of halogens is 1. The van der Waals surface area contributed by atoms with E-state index in [1.807, 2.05) is 0 Å². The van der Waals surface area contributed by atoms with Gasteiger partial charge >= 0.3 is 5.97 Å². The van der Waals surface area contributed by atoms with Gasteiger partial charge in [-0.1, -0.05) is 12.1 Å². The van der Waals surface area contributed by atoms with Gasteiger partial charge in [0.25, 0.3) is 0 Å². The fraction of sp³-hybridized carbons (Fsp3) is 0.231. The summed E-state index contributed by atoms with van der Waals surface area (Å²) in [7, 11) is 1.56. The number of hydrogen-bond donors (Lipinski definition) is 1. The normalized spacial score (nSPS) is 10.7. The molecule has 94 valence electrons. The zero-order valence-electron chi connectivity index (χ0n) is 10.4. The van der Waals surface area contributed by atoms with E-state index in [1.54, 1.807) is 33.0 Å². The smallest absolute Gasteiger partial charge is 0.354 e. The van der Waals surface area contributed by atoms with E-state index in [2.05, 4.69) is 5.10 Å². The van der Waals surface area contributed by atoms with Crippen molar-refractivity contribution in [3.8, 4) is 11.1 Å². The van der Waals surface area contributed by atoms with Crippen LogP contribution in [0, 0.1) is 19.7 Å². The summed E-state index contributed by atoms with van der Waals surface area (Å²) in [6.07, 6.45) is 0. The van der Waals surface area contributed by atoms with Crippen LogP contribution in [0.3, 0.4) is 0 Å². The Morgan fingerprint density at radius 3 is 2.61 bits per heavy atom. The van der Waals surface area contributed by atoms with Crippen molar-refractivity contribution in [2.24, 2.45) is 7.05 Å². The second kappa shape index (κ2) is 4.25. The molecule has 0 spiro atoms. The van der Waals surface area contributed by atoms with Crippen molar-refractivity contribution in [2.75, 3.05) is 0 Å². The largest absolute Gasteiger partial charge is 0.477 e. The Morgan fingerprint density at radius 1 is 1.39 bits per heavy atom. The highest BCUT2D eigenvalue weighted by Gasteiger charge is 2.21. The van der Waals surface area contributed by atoms with Gasteiger partial charge in [-0.05, 0) is 31.0 Å². The number of aryl methyl sites for hydroxylation is 3. The molecule has 2 rings (SSSR count). The molecule has 0 bridgehead atoms. The Kier molecular flexibility index (Phi) is 2.90. The van der Waals surface area contributed by atoms with Gasteiger partial charge in [-0.15, -0.1) is 0 Å². The monoisotopic (exact) mass is 248 g/mol. The molecule has 4 nitrogen and oxygen atoms in total. The summed E-state index contributed by atoms with van der Waals surface area (Å²) in [5.74, 6) is -1.43. The summed E-state index contributed by atoms with van der Waals surface area (Å²) in [5.41, 5.74) is 2.15. The minimum absolute atomic E-state index is 0.0655. The lowest BCUT2D eigenvalue weighted by atomic mass is 10.0. The van der Waals surface area contributed by atoms with Crippen molar-refractivity contribution in [2.45, 2.75) is 13.8 Å². The van der Waals surface area contributed by atoms with Crippen LogP contribution < -0.4 is 0 Å². The van der Waals surface area contributed by atoms with Crippen molar-refractivity contribution in [1.82, 2.24) is 9.78 Å². The molecule has 1 N–H and O–H groups in total. The van der Waals surface area contributed by atoms with Crippen molar-refractivity contribution in [3.05, 3.63) is 41.0 Å². The molecule has 0 aliphatic heterocycles. The number of carboxylic acids is 1. The number of nitrogens with zero attached hydrogens (tertiary/aromatic N) is 2. The van der Waals surface area contributed by atoms with Crippen LogP contribution in [-0.4, -0.2) is 20.9 Å². The molecule has 5 heteroatoms. The van der Waals surface area contributed by atoms with Gasteiger partial charge < -0.3 is 5.11 Å². The maximum Gasteiger partial charge on any atom is 0.354 e. The molecule has 0 amide bonds. The van der Waals surface area contributed by atoms with Gasteiger partial charge in [0.1, 0.15) is 5.82 Å². The number of aromatic nitrogens is 2. The quantitative estimate of drug-likeness (QED) is 0.888. The first-order valence-corrected chi connectivity index (χ1v) is 5.45. The van der Waals surface area contributed by atoms with Crippen LogP contribution in [0.5, 0.6) is 0 Å². The third-order valence-electron chi connectivity index (χ3n) is 2.89. The lowest BCUT2D eigenvalue weighted by molar-refractivity contribution is 0.0686. The third-order valence-corrected chi connectivity index (χ3v) is 2.89. The molecule has 0 radical (unpaired) electrons. The number of hydrogen-bond acceptors (Lipinski definition) is 2. The van der Waals surface area contributed by atoms with Crippen LogP contribution in [-0.2, 0) is 7.05 Å². The first-order valence-electron chi connectivity index (χ1n) is 5.45. The minimum Gasteiger partial charge on any atom is -0.477 e. The maximum absolute atomic E-state index is 13.6. The van der Waals surface area contributed by atoms with Crippen LogP contribution in [0.15, 0.2) is 18.2 Å². The topological polar surface area (TPSA) is 55.1 Å². The molecular formula is C13H13FN2O2. The second-order valence-corrected chi connectivity index (χ2v) is 4.20. The Balaban J connectivity index is 2.70. The Bertz CT molecular complexity index is 632. The molecule has 0 fully saturated rings. The Labute approximate surface area is 104 Å². The Morgan fingerprint density at radius 2 is 2.06 bits per heavy atom. The molecule has 0 saturated carbocycles. The van der Waals surface area contributed by atoms with Crippen LogP contribution in [0.2, 0.25) is 0 Å². The van der Waals surface area contributed by atoms with E-state index in [0.717, 1.165) is 0 Å². The van der Waals surface area contributed by atoms with E-state index in [4.69, 9.17) is 0 Å².